The van der Waals surface area contributed by atoms with Gasteiger partial charge in [0, 0.05) is 51.6 Å². The van der Waals surface area contributed by atoms with E-state index in [1.807, 2.05) is 36.1 Å². The molecule has 0 saturated carbocycles. The van der Waals surface area contributed by atoms with Crippen molar-refractivity contribution in [1.29, 1.82) is 0 Å². The second-order valence-electron chi connectivity index (χ2n) is 8.22. The number of methoxy groups -OCH3 is 1. The number of benzene rings is 1. The van der Waals surface area contributed by atoms with Gasteiger partial charge in [-0.2, -0.15) is 0 Å². The summed E-state index contributed by atoms with van der Waals surface area (Å²) < 4.78 is 9.15. The third-order valence-corrected chi connectivity index (χ3v) is 6.56. The van der Waals surface area contributed by atoms with E-state index in [4.69, 9.17) is 4.74 Å². The van der Waals surface area contributed by atoms with E-state index in [0.717, 1.165) is 48.0 Å². The summed E-state index contributed by atoms with van der Waals surface area (Å²) in [7, 11) is 1.53. The van der Waals surface area contributed by atoms with Crippen LogP contribution in [-0.4, -0.2) is 77.1 Å². The van der Waals surface area contributed by atoms with Crippen molar-refractivity contribution in [2.75, 3.05) is 44.8 Å². The third-order valence-electron chi connectivity index (χ3n) is 5.80. The zero-order valence-corrected chi connectivity index (χ0v) is 20.2. The Morgan fingerprint density at radius 1 is 1.16 bits per heavy atom. The number of ether oxygens (including phenoxy) is 1. The number of hydrogen-bond donors (Lipinski definition) is 0. The molecule has 1 aliphatic rings. The van der Waals surface area contributed by atoms with E-state index in [9.17, 15) is 9.59 Å². The van der Waals surface area contributed by atoms with Gasteiger partial charge in [-0.25, -0.2) is 0 Å². The number of aryl methyl sites for hydroxylation is 1. The van der Waals surface area contributed by atoms with Crippen molar-refractivity contribution >= 4 is 29.0 Å². The number of carbonyl (C=O) groups is 2. The van der Waals surface area contributed by atoms with Crippen LogP contribution in [0.5, 0.6) is 0 Å². The molecule has 1 aromatic carbocycles. The molecule has 8 nitrogen and oxygen atoms in total. The number of nitrogens with zero attached hydrogens (tertiary/aromatic N) is 5. The zero-order chi connectivity index (χ0) is 23.1. The van der Waals surface area contributed by atoms with E-state index in [2.05, 4.69) is 28.3 Å². The van der Waals surface area contributed by atoms with Crippen LogP contribution in [0.15, 0.2) is 24.3 Å². The molecule has 2 heterocycles. The molecule has 0 radical (unpaired) electrons. The first-order valence-corrected chi connectivity index (χ1v) is 11.9. The largest absolute Gasteiger partial charge is 0.375 e. The van der Waals surface area contributed by atoms with Gasteiger partial charge >= 0.3 is 0 Å². The lowest BCUT2D eigenvalue weighted by Gasteiger charge is -2.30. The van der Waals surface area contributed by atoms with Gasteiger partial charge < -0.3 is 14.5 Å². The van der Waals surface area contributed by atoms with Crippen molar-refractivity contribution in [3.05, 3.63) is 40.4 Å². The van der Waals surface area contributed by atoms with E-state index >= 15 is 0 Å². The average Bonchev–Trinajstić information content (AvgIpc) is 3.25. The molecule has 9 heteroatoms. The van der Waals surface area contributed by atoms with Gasteiger partial charge in [0.25, 0.3) is 11.8 Å². The highest BCUT2D eigenvalue weighted by atomic mass is 32.1. The maximum Gasteiger partial charge on any atom is 0.267 e. The van der Waals surface area contributed by atoms with Crippen LogP contribution >= 0.6 is 11.5 Å². The molecule has 0 N–H and O–H groups in total. The Labute approximate surface area is 194 Å². The molecule has 0 fully saturated rings. The summed E-state index contributed by atoms with van der Waals surface area (Å²) in [5.74, 6) is -0.127. The fourth-order valence-electron chi connectivity index (χ4n) is 4.00. The van der Waals surface area contributed by atoms with Crippen LogP contribution in [-0.2, 0) is 22.5 Å². The standard InChI is InChI=1S/C23H33N5O3S/c1-5-19-22(32-25-24-19)23(30)27-14-13-26(17(2)3)11-8-12-28(21(29)16-31-4)20-10-7-6-9-18(20)15-27/h6-7,9-10,17H,5,8,11-16H2,1-4H3. The summed E-state index contributed by atoms with van der Waals surface area (Å²) in [6.45, 7) is 9.57. The highest BCUT2D eigenvalue weighted by Crippen LogP contribution is 2.25. The molecule has 2 amide bonds. The molecule has 32 heavy (non-hydrogen) atoms. The summed E-state index contributed by atoms with van der Waals surface area (Å²) in [4.78, 5) is 33.1. The molecule has 0 unspecified atom stereocenters. The normalized spacial score (nSPS) is 16.0. The molecule has 3 rings (SSSR count). The van der Waals surface area contributed by atoms with Gasteiger partial charge in [0.15, 0.2) is 0 Å². The van der Waals surface area contributed by atoms with E-state index in [0.29, 0.717) is 37.0 Å². The Morgan fingerprint density at radius 3 is 2.66 bits per heavy atom. The quantitative estimate of drug-likeness (QED) is 0.684. The fraction of sp³-hybridized carbons (Fsp3) is 0.565. The molecule has 174 valence electrons. The highest BCUT2D eigenvalue weighted by molar-refractivity contribution is 7.08. The molecular formula is C23H33N5O3S. The molecule has 2 aromatic rings. The second-order valence-corrected chi connectivity index (χ2v) is 8.97. The predicted molar refractivity (Wildman–Crippen MR) is 126 cm³/mol. The van der Waals surface area contributed by atoms with E-state index in [1.54, 1.807) is 4.90 Å². The monoisotopic (exact) mass is 459 g/mol. The minimum atomic E-state index is -0.0758. The van der Waals surface area contributed by atoms with Crippen LogP contribution in [0.25, 0.3) is 0 Å². The number of carbonyl (C=O) groups excluding carboxylic acids is 2. The summed E-state index contributed by atoms with van der Waals surface area (Å²) in [5, 5.41) is 4.13. The van der Waals surface area contributed by atoms with Gasteiger partial charge in [-0.05, 0) is 49.9 Å². The average molecular weight is 460 g/mol. The van der Waals surface area contributed by atoms with Crippen LogP contribution < -0.4 is 4.90 Å². The Morgan fingerprint density at radius 2 is 1.94 bits per heavy atom. The van der Waals surface area contributed by atoms with Gasteiger partial charge in [0.05, 0.1) is 5.69 Å². The third kappa shape index (κ3) is 5.70. The second kappa shape index (κ2) is 11.5. The first kappa shape index (κ1) is 24.3. The Hall–Kier alpha value is -2.36. The van der Waals surface area contributed by atoms with Crippen LogP contribution in [0.2, 0.25) is 0 Å². The molecule has 0 aliphatic carbocycles. The molecule has 1 aliphatic heterocycles. The lowest BCUT2D eigenvalue weighted by molar-refractivity contribution is -0.122. The number of anilines is 1. The zero-order valence-electron chi connectivity index (χ0n) is 19.4. The number of amides is 2. The van der Waals surface area contributed by atoms with Crippen molar-refractivity contribution in [2.24, 2.45) is 0 Å². The number of rotatable bonds is 5. The smallest absolute Gasteiger partial charge is 0.267 e. The van der Waals surface area contributed by atoms with Gasteiger partial charge in [-0.15, -0.1) is 5.10 Å². The van der Waals surface area contributed by atoms with Crippen molar-refractivity contribution in [2.45, 2.75) is 46.2 Å². The Balaban J connectivity index is 2.00. The molecule has 0 bridgehead atoms. The summed E-state index contributed by atoms with van der Waals surface area (Å²) >= 11 is 1.15. The van der Waals surface area contributed by atoms with Gasteiger partial charge in [0.2, 0.25) is 0 Å². The van der Waals surface area contributed by atoms with Crippen LogP contribution in [0.4, 0.5) is 5.69 Å². The Bertz CT molecular complexity index is 917. The summed E-state index contributed by atoms with van der Waals surface area (Å²) in [5.41, 5.74) is 2.52. The van der Waals surface area contributed by atoms with E-state index in [1.165, 1.54) is 7.11 Å². The molecule has 1 aromatic heterocycles. The van der Waals surface area contributed by atoms with Crippen molar-refractivity contribution in [3.63, 3.8) is 0 Å². The fourth-order valence-corrected chi connectivity index (χ4v) is 4.72. The van der Waals surface area contributed by atoms with E-state index < -0.39 is 0 Å². The van der Waals surface area contributed by atoms with E-state index in [-0.39, 0.29) is 18.4 Å². The summed E-state index contributed by atoms with van der Waals surface area (Å²) in [6.07, 6.45) is 1.51. The SMILES string of the molecule is CCc1nnsc1C(=O)N1CCN(C(C)C)CCCN(C(=O)COC)c2ccccc2C1. The van der Waals surface area contributed by atoms with Crippen molar-refractivity contribution < 1.29 is 14.3 Å². The minimum Gasteiger partial charge on any atom is -0.375 e. The molecule has 0 atom stereocenters. The molecular weight excluding hydrogens is 426 g/mol. The number of fused-ring (bicyclic) bond motifs is 1. The number of aromatic nitrogens is 2. The van der Waals surface area contributed by atoms with Crippen LogP contribution in [0.3, 0.4) is 0 Å². The lowest BCUT2D eigenvalue weighted by atomic mass is 10.1. The topological polar surface area (TPSA) is 78.9 Å². The number of para-hydroxylation sites is 1. The van der Waals surface area contributed by atoms with Gasteiger partial charge in [-0.3, -0.25) is 14.5 Å². The Kier molecular flexibility index (Phi) is 8.72. The van der Waals surface area contributed by atoms with Gasteiger partial charge in [-0.1, -0.05) is 29.6 Å². The maximum absolute atomic E-state index is 13.5. The van der Waals surface area contributed by atoms with Crippen LogP contribution in [0, 0.1) is 0 Å². The van der Waals surface area contributed by atoms with Crippen molar-refractivity contribution in [3.8, 4) is 0 Å². The number of hydrogen-bond acceptors (Lipinski definition) is 7. The summed E-state index contributed by atoms with van der Waals surface area (Å²) in [6, 6.07) is 8.17. The van der Waals surface area contributed by atoms with Crippen LogP contribution in [0.1, 0.15) is 48.1 Å². The van der Waals surface area contributed by atoms with Crippen molar-refractivity contribution in [1.82, 2.24) is 19.4 Å². The highest BCUT2D eigenvalue weighted by Gasteiger charge is 2.26. The first-order valence-electron chi connectivity index (χ1n) is 11.2. The molecule has 0 spiro atoms. The lowest BCUT2D eigenvalue weighted by Crippen LogP contribution is -2.41. The molecule has 0 saturated heterocycles. The maximum atomic E-state index is 13.5. The van der Waals surface area contributed by atoms with Gasteiger partial charge in [0.1, 0.15) is 11.5 Å². The predicted octanol–water partition coefficient (Wildman–Crippen LogP) is 2.84. The minimum absolute atomic E-state index is 0.0251. The first-order chi connectivity index (χ1) is 15.5.